The van der Waals surface area contributed by atoms with Crippen molar-refractivity contribution in [2.75, 3.05) is 11.5 Å². The van der Waals surface area contributed by atoms with Crippen LogP contribution >= 0.6 is 0 Å². The summed E-state index contributed by atoms with van der Waals surface area (Å²) < 4.78 is 11.3. The van der Waals surface area contributed by atoms with Gasteiger partial charge in [-0.15, -0.1) is 5.10 Å². The Bertz CT molecular complexity index is 272. The van der Waals surface area contributed by atoms with Crippen molar-refractivity contribution in [1.29, 1.82) is 0 Å². The molecule has 0 aliphatic heterocycles. The molecule has 1 aromatic heterocycles. The highest BCUT2D eigenvalue weighted by atomic mass is 32.2. The highest BCUT2D eigenvalue weighted by molar-refractivity contribution is 7.84. The first-order valence-corrected chi connectivity index (χ1v) is 5.12. The third-order valence-electron chi connectivity index (χ3n) is 1.38. The van der Waals surface area contributed by atoms with E-state index in [0.717, 1.165) is 12.8 Å². The second-order valence-corrected chi connectivity index (χ2v) is 3.89. The molecule has 0 spiro atoms. The molecule has 0 bridgehead atoms. The van der Waals surface area contributed by atoms with E-state index in [2.05, 4.69) is 15.2 Å². The Hall–Kier alpha value is -0.910. The Morgan fingerprint density at radius 3 is 2.92 bits per heavy atom. The van der Waals surface area contributed by atoms with Gasteiger partial charge in [-0.2, -0.15) is 4.98 Å². The number of nitrogens with zero attached hydrogens (tertiary/aromatic N) is 2. The van der Waals surface area contributed by atoms with Gasteiger partial charge in [0.25, 0.3) is 0 Å². The number of nitrogen functional groups attached to an aromatic ring is 1. The maximum atomic E-state index is 11.3. The van der Waals surface area contributed by atoms with Crippen LogP contribution in [0.4, 0.5) is 5.95 Å². The molecule has 0 aromatic carbocycles. The largest absolute Gasteiger partial charge is 0.366 e. The van der Waals surface area contributed by atoms with Gasteiger partial charge in [-0.25, -0.2) is 0 Å². The molecule has 0 saturated heterocycles. The van der Waals surface area contributed by atoms with E-state index in [-0.39, 0.29) is 5.95 Å². The highest BCUT2D eigenvalue weighted by Crippen LogP contribution is 2.02. The minimum Gasteiger partial charge on any atom is -0.366 e. The van der Waals surface area contributed by atoms with Crippen LogP contribution in [0.25, 0.3) is 0 Å². The number of H-pyrrole nitrogens is 1. The van der Waals surface area contributed by atoms with Gasteiger partial charge in [0.15, 0.2) is 0 Å². The van der Waals surface area contributed by atoms with Crippen LogP contribution in [0.1, 0.15) is 19.8 Å². The van der Waals surface area contributed by atoms with Crippen molar-refractivity contribution in [2.24, 2.45) is 0 Å². The van der Waals surface area contributed by atoms with Crippen molar-refractivity contribution in [3.63, 3.8) is 0 Å². The molecule has 1 rings (SSSR count). The Kier molecular flexibility index (Phi) is 3.21. The molecule has 5 nitrogen and oxygen atoms in total. The summed E-state index contributed by atoms with van der Waals surface area (Å²) >= 11 is 0. The van der Waals surface area contributed by atoms with Gasteiger partial charge in [-0.1, -0.05) is 13.3 Å². The van der Waals surface area contributed by atoms with E-state index in [1.807, 2.05) is 6.92 Å². The second-order valence-electron chi connectivity index (χ2n) is 2.40. The Morgan fingerprint density at radius 1 is 1.67 bits per heavy atom. The van der Waals surface area contributed by atoms with Gasteiger partial charge in [-0.3, -0.25) is 9.31 Å². The van der Waals surface area contributed by atoms with Crippen molar-refractivity contribution in [1.82, 2.24) is 15.2 Å². The Morgan fingerprint density at radius 2 is 2.42 bits per heavy atom. The summed E-state index contributed by atoms with van der Waals surface area (Å²) in [4.78, 5) is 3.77. The number of nitrogens with one attached hydrogen (secondary N) is 1. The van der Waals surface area contributed by atoms with Crippen LogP contribution in [0.5, 0.6) is 0 Å². The average Bonchev–Trinajstić information content (AvgIpc) is 2.47. The second kappa shape index (κ2) is 4.20. The van der Waals surface area contributed by atoms with E-state index < -0.39 is 10.8 Å². The molecule has 0 aliphatic rings. The standard InChI is InChI=1S/C6H12N4OS/c1-2-3-4-12(11)6-8-5(7)9-10-6/h2-4H2,1H3,(H3,7,8,9,10)/t12-/m0/s1. The van der Waals surface area contributed by atoms with Gasteiger partial charge in [0.2, 0.25) is 11.1 Å². The molecule has 3 N–H and O–H groups in total. The fraction of sp³-hybridized carbons (Fsp3) is 0.667. The van der Waals surface area contributed by atoms with Crippen molar-refractivity contribution < 1.29 is 4.21 Å². The molecule has 1 atom stereocenters. The summed E-state index contributed by atoms with van der Waals surface area (Å²) in [6.45, 7) is 2.05. The molecule has 1 aromatic rings. The maximum absolute atomic E-state index is 11.3. The number of anilines is 1. The molecule has 0 saturated carbocycles. The molecule has 68 valence electrons. The Labute approximate surface area is 73.2 Å². The summed E-state index contributed by atoms with van der Waals surface area (Å²) in [6.07, 6.45) is 1.95. The van der Waals surface area contributed by atoms with Crippen LogP contribution < -0.4 is 5.73 Å². The van der Waals surface area contributed by atoms with E-state index in [0.29, 0.717) is 10.9 Å². The lowest BCUT2D eigenvalue weighted by Gasteiger charge is -1.93. The topological polar surface area (TPSA) is 84.7 Å². The van der Waals surface area contributed by atoms with Crippen molar-refractivity contribution in [3.8, 4) is 0 Å². The van der Waals surface area contributed by atoms with E-state index in [4.69, 9.17) is 5.73 Å². The molecule has 0 unspecified atom stereocenters. The predicted octanol–water partition coefficient (Wildman–Crippen LogP) is 0.295. The monoisotopic (exact) mass is 188 g/mol. The fourth-order valence-corrected chi connectivity index (χ4v) is 1.82. The number of unbranched alkanes of at least 4 members (excludes halogenated alkanes) is 1. The van der Waals surface area contributed by atoms with Crippen LogP contribution in [-0.2, 0) is 10.8 Å². The molecule has 0 aliphatic carbocycles. The van der Waals surface area contributed by atoms with Crippen LogP contribution in [0.2, 0.25) is 0 Å². The average molecular weight is 188 g/mol. The Balaban J connectivity index is 2.53. The summed E-state index contributed by atoms with van der Waals surface area (Å²) in [5, 5.41) is 6.50. The number of rotatable bonds is 4. The predicted molar refractivity (Wildman–Crippen MR) is 47.0 cm³/mol. The summed E-state index contributed by atoms with van der Waals surface area (Å²) in [5.74, 6) is 0.764. The van der Waals surface area contributed by atoms with Crippen LogP contribution in [0.15, 0.2) is 5.16 Å². The van der Waals surface area contributed by atoms with Gasteiger partial charge < -0.3 is 5.73 Å². The number of aromatic nitrogens is 3. The van der Waals surface area contributed by atoms with Crippen LogP contribution in [0.3, 0.4) is 0 Å². The lowest BCUT2D eigenvalue weighted by Crippen LogP contribution is -1.99. The van der Waals surface area contributed by atoms with Crippen LogP contribution in [0, 0.1) is 0 Å². The number of hydrogen-bond acceptors (Lipinski definition) is 4. The van der Waals surface area contributed by atoms with Crippen molar-refractivity contribution >= 4 is 16.7 Å². The lowest BCUT2D eigenvalue weighted by molar-refractivity contribution is 0.672. The van der Waals surface area contributed by atoms with Crippen molar-refractivity contribution in [3.05, 3.63) is 0 Å². The first-order chi connectivity index (χ1) is 5.74. The van der Waals surface area contributed by atoms with E-state index in [9.17, 15) is 4.21 Å². The molecular weight excluding hydrogens is 176 g/mol. The molecule has 0 fully saturated rings. The summed E-state index contributed by atoms with van der Waals surface area (Å²) in [5.41, 5.74) is 5.26. The molecule has 6 heteroatoms. The van der Waals surface area contributed by atoms with Gasteiger partial charge >= 0.3 is 0 Å². The summed E-state index contributed by atoms with van der Waals surface area (Å²) in [7, 11) is -1.07. The molecule has 0 amide bonds. The number of aromatic amines is 1. The van der Waals surface area contributed by atoms with E-state index in [1.165, 1.54) is 0 Å². The smallest absolute Gasteiger partial charge is 0.240 e. The van der Waals surface area contributed by atoms with E-state index in [1.54, 1.807) is 0 Å². The zero-order valence-corrected chi connectivity index (χ0v) is 7.73. The minimum absolute atomic E-state index is 0.148. The molecular formula is C6H12N4OS. The quantitative estimate of drug-likeness (QED) is 0.711. The number of nitrogens with two attached hydrogens (primary N) is 1. The summed E-state index contributed by atoms with van der Waals surface area (Å²) in [6, 6.07) is 0. The highest BCUT2D eigenvalue weighted by Gasteiger charge is 2.07. The van der Waals surface area contributed by atoms with Crippen molar-refractivity contribution in [2.45, 2.75) is 24.9 Å². The van der Waals surface area contributed by atoms with Crippen LogP contribution in [-0.4, -0.2) is 25.1 Å². The van der Waals surface area contributed by atoms with Gasteiger partial charge in [0.05, 0.1) is 10.8 Å². The first kappa shape index (κ1) is 9.18. The maximum Gasteiger partial charge on any atom is 0.240 e. The first-order valence-electron chi connectivity index (χ1n) is 3.80. The number of hydrogen-bond donors (Lipinski definition) is 2. The zero-order chi connectivity index (χ0) is 8.97. The van der Waals surface area contributed by atoms with Gasteiger partial charge in [0, 0.05) is 5.75 Å². The van der Waals surface area contributed by atoms with Gasteiger partial charge in [-0.05, 0) is 6.42 Å². The minimum atomic E-state index is -1.07. The zero-order valence-electron chi connectivity index (χ0n) is 6.91. The van der Waals surface area contributed by atoms with E-state index >= 15 is 0 Å². The SMILES string of the molecule is CCCC[S@](=O)c1nc(N)n[nH]1. The third kappa shape index (κ3) is 2.30. The fourth-order valence-electron chi connectivity index (χ4n) is 0.733. The normalized spacial score (nSPS) is 13.1. The molecule has 12 heavy (non-hydrogen) atoms. The lowest BCUT2D eigenvalue weighted by atomic mass is 10.4. The third-order valence-corrected chi connectivity index (χ3v) is 2.65. The van der Waals surface area contributed by atoms with Gasteiger partial charge in [0.1, 0.15) is 0 Å². The molecule has 1 heterocycles. The molecule has 0 radical (unpaired) electrons.